The second kappa shape index (κ2) is 5.32. The van der Waals surface area contributed by atoms with E-state index in [2.05, 4.69) is 4.98 Å². The van der Waals surface area contributed by atoms with Gasteiger partial charge in [-0.15, -0.1) is 0 Å². The molecule has 0 amide bonds. The molecular formula is C14H18N2O3. The van der Waals surface area contributed by atoms with Gasteiger partial charge in [-0.25, -0.2) is 4.98 Å². The molecule has 0 unspecified atom stereocenters. The van der Waals surface area contributed by atoms with Crippen LogP contribution in [0, 0.1) is 6.92 Å². The predicted octanol–water partition coefficient (Wildman–Crippen LogP) is 1.91. The zero-order valence-corrected chi connectivity index (χ0v) is 11.6. The van der Waals surface area contributed by atoms with E-state index in [1.165, 1.54) is 0 Å². The van der Waals surface area contributed by atoms with E-state index in [1.54, 1.807) is 14.2 Å². The Kier molecular flexibility index (Phi) is 3.76. The minimum atomic E-state index is -0.0401. The van der Waals surface area contributed by atoms with E-state index >= 15 is 0 Å². The Labute approximate surface area is 112 Å². The Hall–Kier alpha value is -2.01. The van der Waals surface area contributed by atoms with E-state index in [0.717, 1.165) is 34.3 Å². The molecule has 1 aromatic heterocycles. The highest BCUT2D eigenvalue weighted by Gasteiger charge is 2.16. The average molecular weight is 262 g/mol. The standard InChI is InChI=1S/C14H18N2O3/c1-9-12(8-17)16(2)14(15-9)11-7-10(18-3)5-6-13(11)19-4/h5-7,17H,8H2,1-4H3. The summed E-state index contributed by atoms with van der Waals surface area (Å²) in [7, 11) is 5.11. The summed E-state index contributed by atoms with van der Waals surface area (Å²) in [4.78, 5) is 4.50. The van der Waals surface area contributed by atoms with Crippen molar-refractivity contribution in [1.82, 2.24) is 9.55 Å². The van der Waals surface area contributed by atoms with Crippen LogP contribution in [0.2, 0.25) is 0 Å². The molecule has 0 aliphatic heterocycles. The van der Waals surface area contributed by atoms with Crippen molar-refractivity contribution in [3.63, 3.8) is 0 Å². The van der Waals surface area contributed by atoms with Crippen LogP contribution in [-0.4, -0.2) is 28.9 Å². The third-order valence-electron chi connectivity index (χ3n) is 3.21. The maximum absolute atomic E-state index is 9.37. The van der Waals surface area contributed by atoms with Crippen LogP contribution < -0.4 is 9.47 Å². The molecule has 0 aliphatic rings. The Morgan fingerprint density at radius 3 is 2.53 bits per heavy atom. The van der Waals surface area contributed by atoms with E-state index in [9.17, 15) is 5.11 Å². The van der Waals surface area contributed by atoms with Crippen LogP contribution in [0.5, 0.6) is 11.5 Å². The average Bonchev–Trinajstić information content (AvgIpc) is 2.72. The molecule has 1 N–H and O–H groups in total. The van der Waals surface area contributed by atoms with Gasteiger partial charge >= 0.3 is 0 Å². The molecule has 0 fully saturated rings. The molecule has 2 rings (SSSR count). The fourth-order valence-electron chi connectivity index (χ4n) is 2.12. The zero-order chi connectivity index (χ0) is 14.0. The van der Waals surface area contributed by atoms with Gasteiger partial charge in [0.2, 0.25) is 0 Å². The van der Waals surface area contributed by atoms with Gasteiger partial charge in [-0.3, -0.25) is 0 Å². The van der Waals surface area contributed by atoms with Crippen LogP contribution in [0.25, 0.3) is 11.4 Å². The minimum Gasteiger partial charge on any atom is -0.497 e. The van der Waals surface area contributed by atoms with Crippen LogP contribution in [0.3, 0.4) is 0 Å². The lowest BCUT2D eigenvalue weighted by atomic mass is 10.1. The largest absolute Gasteiger partial charge is 0.497 e. The first-order chi connectivity index (χ1) is 9.12. The van der Waals surface area contributed by atoms with Crippen molar-refractivity contribution < 1.29 is 14.6 Å². The fraction of sp³-hybridized carbons (Fsp3) is 0.357. The van der Waals surface area contributed by atoms with Gasteiger partial charge in [-0.2, -0.15) is 0 Å². The van der Waals surface area contributed by atoms with E-state index in [4.69, 9.17) is 9.47 Å². The third kappa shape index (κ3) is 2.29. The number of aryl methyl sites for hydroxylation is 1. The molecule has 5 nitrogen and oxygen atoms in total. The summed E-state index contributed by atoms with van der Waals surface area (Å²) < 4.78 is 12.5. The molecule has 0 saturated heterocycles. The Morgan fingerprint density at radius 1 is 1.26 bits per heavy atom. The van der Waals surface area contributed by atoms with Gasteiger partial charge in [0.05, 0.1) is 37.8 Å². The number of rotatable bonds is 4. The molecule has 0 saturated carbocycles. The number of imidazole rings is 1. The maximum atomic E-state index is 9.37. The van der Waals surface area contributed by atoms with Crippen molar-refractivity contribution >= 4 is 0 Å². The van der Waals surface area contributed by atoms with Crippen LogP contribution in [0.15, 0.2) is 18.2 Å². The van der Waals surface area contributed by atoms with E-state index in [-0.39, 0.29) is 6.61 Å². The molecule has 2 aromatic rings. The van der Waals surface area contributed by atoms with Crippen molar-refractivity contribution in [3.8, 4) is 22.9 Å². The number of aliphatic hydroxyl groups is 1. The number of nitrogens with zero attached hydrogens (tertiary/aromatic N) is 2. The first kappa shape index (κ1) is 13.4. The number of methoxy groups -OCH3 is 2. The summed E-state index contributed by atoms with van der Waals surface area (Å²) in [5, 5.41) is 9.37. The van der Waals surface area contributed by atoms with Crippen molar-refractivity contribution in [3.05, 3.63) is 29.6 Å². The van der Waals surface area contributed by atoms with Crippen molar-refractivity contribution in [2.45, 2.75) is 13.5 Å². The summed E-state index contributed by atoms with van der Waals surface area (Å²) in [5.74, 6) is 2.21. The molecule has 0 aliphatic carbocycles. The molecular weight excluding hydrogens is 244 g/mol. The highest BCUT2D eigenvalue weighted by molar-refractivity contribution is 5.67. The summed E-state index contributed by atoms with van der Waals surface area (Å²) in [6.45, 7) is 1.84. The number of aliphatic hydroxyl groups excluding tert-OH is 1. The highest BCUT2D eigenvalue weighted by Crippen LogP contribution is 2.33. The first-order valence-corrected chi connectivity index (χ1v) is 5.97. The number of hydrogen-bond acceptors (Lipinski definition) is 4. The minimum absolute atomic E-state index is 0.0401. The quantitative estimate of drug-likeness (QED) is 0.914. The second-order valence-corrected chi connectivity index (χ2v) is 4.25. The summed E-state index contributed by atoms with van der Waals surface area (Å²) >= 11 is 0. The molecule has 5 heteroatoms. The Morgan fingerprint density at radius 2 is 2.00 bits per heavy atom. The molecule has 1 heterocycles. The van der Waals surface area contributed by atoms with Crippen LogP contribution in [-0.2, 0) is 13.7 Å². The Balaban J connectivity index is 2.63. The molecule has 0 atom stereocenters. The topological polar surface area (TPSA) is 56.5 Å². The maximum Gasteiger partial charge on any atom is 0.144 e. The number of benzene rings is 1. The van der Waals surface area contributed by atoms with Gasteiger partial charge in [0.1, 0.15) is 17.3 Å². The van der Waals surface area contributed by atoms with Crippen molar-refractivity contribution in [2.24, 2.45) is 7.05 Å². The highest BCUT2D eigenvalue weighted by atomic mass is 16.5. The third-order valence-corrected chi connectivity index (χ3v) is 3.21. The molecule has 102 valence electrons. The van der Waals surface area contributed by atoms with Crippen LogP contribution in [0.1, 0.15) is 11.4 Å². The molecule has 0 bridgehead atoms. The smallest absolute Gasteiger partial charge is 0.144 e. The van der Waals surface area contributed by atoms with Gasteiger partial charge in [0, 0.05) is 7.05 Å². The number of hydrogen-bond donors (Lipinski definition) is 1. The fourth-order valence-corrected chi connectivity index (χ4v) is 2.12. The van der Waals surface area contributed by atoms with E-state index < -0.39 is 0 Å². The van der Waals surface area contributed by atoms with E-state index in [1.807, 2.05) is 36.7 Å². The van der Waals surface area contributed by atoms with E-state index in [0.29, 0.717) is 0 Å². The Bertz CT molecular complexity index is 591. The van der Waals surface area contributed by atoms with Crippen molar-refractivity contribution in [1.29, 1.82) is 0 Å². The lowest BCUT2D eigenvalue weighted by Crippen LogP contribution is -2.00. The normalized spacial score (nSPS) is 10.6. The predicted molar refractivity (Wildman–Crippen MR) is 72.4 cm³/mol. The van der Waals surface area contributed by atoms with Gasteiger partial charge in [0.15, 0.2) is 0 Å². The van der Waals surface area contributed by atoms with Gasteiger partial charge in [-0.05, 0) is 25.1 Å². The first-order valence-electron chi connectivity index (χ1n) is 5.97. The monoisotopic (exact) mass is 262 g/mol. The van der Waals surface area contributed by atoms with Crippen LogP contribution in [0.4, 0.5) is 0 Å². The van der Waals surface area contributed by atoms with Crippen LogP contribution >= 0.6 is 0 Å². The number of aromatic nitrogens is 2. The van der Waals surface area contributed by atoms with Gasteiger partial charge in [-0.1, -0.05) is 0 Å². The van der Waals surface area contributed by atoms with Gasteiger partial charge in [0.25, 0.3) is 0 Å². The molecule has 1 aromatic carbocycles. The van der Waals surface area contributed by atoms with Crippen molar-refractivity contribution in [2.75, 3.05) is 14.2 Å². The zero-order valence-electron chi connectivity index (χ0n) is 11.6. The summed E-state index contributed by atoms with van der Waals surface area (Å²) in [6.07, 6.45) is 0. The SMILES string of the molecule is COc1ccc(OC)c(-c2nc(C)c(CO)n2C)c1. The summed E-state index contributed by atoms with van der Waals surface area (Å²) in [6, 6.07) is 5.56. The van der Waals surface area contributed by atoms with Gasteiger partial charge < -0.3 is 19.1 Å². The number of ether oxygens (including phenoxy) is 2. The summed E-state index contributed by atoms with van der Waals surface area (Å²) in [5.41, 5.74) is 2.44. The lowest BCUT2D eigenvalue weighted by Gasteiger charge is -2.11. The molecule has 0 radical (unpaired) electrons. The molecule has 19 heavy (non-hydrogen) atoms. The second-order valence-electron chi connectivity index (χ2n) is 4.25. The lowest BCUT2D eigenvalue weighted by molar-refractivity contribution is 0.272. The molecule has 0 spiro atoms.